The van der Waals surface area contributed by atoms with E-state index in [1.54, 1.807) is 6.07 Å². The van der Waals surface area contributed by atoms with E-state index in [1.807, 2.05) is 4.90 Å². The van der Waals surface area contributed by atoms with E-state index >= 15 is 0 Å². The maximum Gasteiger partial charge on any atom is 0.336 e. The predicted octanol–water partition coefficient (Wildman–Crippen LogP) is 1.41. The predicted molar refractivity (Wildman–Crippen MR) is 75.2 cm³/mol. The number of nitrogens with zero attached hydrogens (tertiary/aromatic N) is 1. The molecule has 0 amide bonds. The van der Waals surface area contributed by atoms with Gasteiger partial charge in [-0.2, -0.15) is 0 Å². The van der Waals surface area contributed by atoms with Crippen LogP contribution in [0.1, 0.15) is 12.0 Å². The number of aliphatic carboxylic acids is 1. The molecule has 2 aromatic rings. The van der Waals surface area contributed by atoms with Gasteiger partial charge in [0.05, 0.1) is 5.92 Å². The van der Waals surface area contributed by atoms with Crippen molar-refractivity contribution in [2.45, 2.75) is 13.0 Å². The first kappa shape index (κ1) is 13.6. The van der Waals surface area contributed by atoms with Crippen molar-refractivity contribution in [1.82, 2.24) is 4.90 Å². The molecule has 1 atom stereocenters. The number of phenolic OH excluding ortho intramolecular Hbond substituents is 1. The highest BCUT2D eigenvalue weighted by atomic mass is 16.4. The van der Waals surface area contributed by atoms with E-state index in [9.17, 15) is 14.7 Å². The fraction of sp³-hybridized carbons (Fsp3) is 0.333. The third kappa shape index (κ3) is 2.75. The highest BCUT2D eigenvalue weighted by Crippen LogP contribution is 2.25. The Morgan fingerprint density at radius 1 is 1.38 bits per heavy atom. The lowest BCUT2D eigenvalue weighted by molar-refractivity contribution is -0.141. The largest absolute Gasteiger partial charge is 0.508 e. The minimum Gasteiger partial charge on any atom is -0.508 e. The Balaban J connectivity index is 1.91. The molecule has 0 spiro atoms. The number of carbonyl (C=O) groups is 1. The summed E-state index contributed by atoms with van der Waals surface area (Å²) in [5.74, 6) is -1.09. The molecule has 0 saturated carbocycles. The Kier molecular flexibility index (Phi) is 3.39. The molecule has 6 heteroatoms. The minimum atomic E-state index is -0.778. The fourth-order valence-electron chi connectivity index (χ4n) is 2.77. The maximum absolute atomic E-state index is 11.6. The molecule has 3 rings (SSSR count). The van der Waals surface area contributed by atoms with Crippen LogP contribution in [0.5, 0.6) is 5.75 Å². The number of hydrogen-bond acceptors (Lipinski definition) is 5. The Hall–Kier alpha value is -2.34. The van der Waals surface area contributed by atoms with E-state index < -0.39 is 11.6 Å². The van der Waals surface area contributed by atoms with Crippen molar-refractivity contribution in [2.24, 2.45) is 5.92 Å². The number of phenols is 1. The zero-order valence-electron chi connectivity index (χ0n) is 11.3. The standard InChI is InChI=1S/C15H15NO5/c17-11-1-2-12-10(5-14(18)21-13(12)6-11)8-16-4-3-9(7-16)15(19)20/h1-2,5-6,9,17H,3-4,7-8H2,(H,19,20). The topological polar surface area (TPSA) is 91.0 Å². The van der Waals surface area contributed by atoms with Crippen LogP contribution in [0.15, 0.2) is 33.5 Å². The molecule has 1 unspecified atom stereocenters. The molecule has 0 radical (unpaired) electrons. The summed E-state index contributed by atoms with van der Waals surface area (Å²) in [5, 5.41) is 19.2. The van der Waals surface area contributed by atoms with E-state index in [1.165, 1.54) is 18.2 Å². The van der Waals surface area contributed by atoms with Crippen molar-refractivity contribution in [3.63, 3.8) is 0 Å². The number of carboxylic acid groups (broad SMARTS) is 1. The number of likely N-dealkylation sites (tertiary alicyclic amines) is 1. The zero-order valence-corrected chi connectivity index (χ0v) is 11.3. The van der Waals surface area contributed by atoms with Crippen molar-refractivity contribution in [2.75, 3.05) is 13.1 Å². The molecule has 21 heavy (non-hydrogen) atoms. The van der Waals surface area contributed by atoms with Crippen LogP contribution in [0.2, 0.25) is 0 Å². The van der Waals surface area contributed by atoms with Gasteiger partial charge in [-0.25, -0.2) is 4.79 Å². The molecule has 2 heterocycles. The summed E-state index contributed by atoms with van der Waals surface area (Å²) < 4.78 is 5.08. The third-order valence-electron chi connectivity index (χ3n) is 3.83. The van der Waals surface area contributed by atoms with Crippen molar-refractivity contribution in [1.29, 1.82) is 0 Å². The molecule has 0 bridgehead atoms. The second-order valence-electron chi connectivity index (χ2n) is 5.33. The molecule has 6 nitrogen and oxygen atoms in total. The highest BCUT2D eigenvalue weighted by molar-refractivity contribution is 5.81. The molecule has 0 aliphatic carbocycles. The van der Waals surface area contributed by atoms with Crippen LogP contribution in [0.25, 0.3) is 11.0 Å². The first-order chi connectivity index (χ1) is 10.0. The van der Waals surface area contributed by atoms with Crippen molar-refractivity contribution < 1.29 is 19.4 Å². The van der Waals surface area contributed by atoms with Gasteiger partial charge in [-0.05, 0) is 30.7 Å². The number of fused-ring (bicyclic) bond motifs is 1. The van der Waals surface area contributed by atoms with Gasteiger partial charge < -0.3 is 14.6 Å². The lowest BCUT2D eigenvalue weighted by Crippen LogP contribution is -2.23. The first-order valence-corrected chi connectivity index (χ1v) is 6.74. The van der Waals surface area contributed by atoms with Crippen LogP contribution >= 0.6 is 0 Å². The Morgan fingerprint density at radius 2 is 2.19 bits per heavy atom. The first-order valence-electron chi connectivity index (χ1n) is 6.74. The van der Waals surface area contributed by atoms with Crippen LogP contribution < -0.4 is 5.63 Å². The van der Waals surface area contributed by atoms with Gasteiger partial charge in [-0.1, -0.05) is 0 Å². The van der Waals surface area contributed by atoms with Gasteiger partial charge >= 0.3 is 11.6 Å². The molecule has 2 N–H and O–H groups in total. The van der Waals surface area contributed by atoms with Crippen LogP contribution in [0.3, 0.4) is 0 Å². The lowest BCUT2D eigenvalue weighted by Gasteiger charge is -2.16. The van der Waals surface area contributed by atoms with Crippen LogP contribution in [0, 0.1) is 5.92 Å². The smallest absolute Gasteiger partial charge is 0.336 e. The molecule has 1 aromatic carbocycles. The lowest BCUT2D eigenvalue weighted by atomic mass is 10.1. The maximum atomic E-state index is 11.6. The number of aromatic hydroxyl groups is 1. The van der Waals surface area contributed by atoms with E-state index in [0.29, 0.717) is 31.6 Å². The molecular formula is C15H15NO5. The van der Waals surface area contributed by atoms with E-state index in [4.69, 9.17) is 9.52 Å². The van der Waals surface area contributed by atoms with Gasteiger partial charge in [0.2, 0.25) is 0 Å². The molecule has 1 aliphatic heterocycles. The van der Waals surface area contributed by atoms with Crippen LogP contribution in [0.4, 0.5) is 0 Å². The highest BCUT2D eigenvalue weighted by Gasteiger charge is 2.28. The molecule has 1 fully saturated rings. The average Bonchev–Trinajstić information content (AvgIpc) is 2.86. The summed E-state index contributed by atoms with van der Waals surface area (Å²) in [6.45, 7) is 1.67. The van der Waals surface area contributed by atoms with E-state index in [0.717, 1.165) is 10.9 Å². The molecule has 1 aromatic heterocycles. The second-order valence-corrected chi connectivity index (χ2v) is 5.33. The van der Waals surface area contributed by atoms with Crippen LogP contribution in [-0.2, 0) is 11.3 Å². The zero-order chi connectivity index (χ0) is 15.0. The normalized spacial score (nSPS) is 19.1. The summed E-state index contributed by atoms with van der Waals surface area (Å²) in [6.07, 6.45) is 0.621. The van der Waals surface area contributed by atoms with Crippen molar-refractivity contribution in [3.05, 3.63) is 40.2 Å². The number of carboxylic acids is 1. The summed E-state index contributed by atoms with van der Waals surface area (Å²) in [4.78, 5) is 24.6. The quantitative estimate of drug-likeness (QED) is 0.830. The SMILES string of the molecule is O=C(O)C1CCN(Cc2cc(=O)oc3cc(O)ccc23)C1. The average molecular weight is 289 g/mol. The van der Waals surface area contributed by atoms with Crippen LogP contribution in [-0.4, -0.2) is 34.2 Å². The summed E-state index contributed by atoms with van der Waals surface area (Å²) >= 11 is 0. The number of rotatable bonds is 3. The van der Waals surface area contributed by atoms with E-state index in [2.05, 4.69) is 0 Å². The summed E-state index contributed by atoms with van der Waals surface area (Å²) in [7, 11) is 0. The molecule has 110 valence electrons. The van der Waals surface area contributed by atoms with Crippen molar-refractivity contribution >= 4 is 16.9 Å². The molecule has 1 aliphatic rings. The monoisotopic (exact) mass is 289 g/mol. The van der Waals surface area contributed by atoms with Gasteiger partial charge in [0.15, 0.2) is 0 Å². The second kappa shape index (κ2) is 5.21. The van der Waals surface area contributed by atoms with Gasteiger partial charge in [-0.3, -0.25) is 9.69 Å². The summed E-state index contributed by atoms with van der Waals surface area (Å²) in [6, 6.07) is 6.07. The van der Waals surface area contributed by atoms with Gasteiger partial charge in [0.1, 0.15) is 11.3 Å². The fourth-order valence-corrected chi connectivity index (χ4v) is 2.77. The number of hydrogen-bond donors (Lipinski definition) is 2. The van der Waals surface area contributed by atoms with Gasteiger partial charge in [-0.15, -0.1) is 0 Å². The molecular weight excluding hydrogens is 274 g/mol. The molecule has 1 saturated heterocycles. The van der Waals surface area contributed by atoms with Crippen molar-refractivity contribution in [3.8, 4) is 5.75 Å². The van der Waals surface area contributed by atoms with E-state index in [-0.39, 0.29) is 11.7 Å². The Labute approximate surface area is 120 Å². The van der Waals surface area contributed by atoms with Gasteiger partial charge in [0, 0.05) is 30.6 Å². The Morgan fingerprint density at radius 3 is 2.90 bits per heavy atom. The summed E-state index contributed by atoms with van der Waals surface area (Å²) in [5.41, 5.74) is 0.649. The van der Waals surface area contributed by atoms with Gasteiger partial charge in [0.25, 0.3) is 0 Å². The minimum absolute atomic E-state index is 0.0370. The Bertz CT molecular complexity index is 751. The third-order valence-corrected chi connectivity index (χ3v) is 3.83. The number of benzene rings is 1.